The van der Waals surface area contributed by atoms with Crippen LogP contribution in [0.1, 0.15) is 30.6 Å². The molecule has 110 valence electrons. The van der Waals surface area contributed by atoms with E-state index >= 15 is 0 Å². The van der Waals surface area contributed by atoms with Gasteiger partial charge in [-0.25, -0.2) is 0 Å². The van der Waals surface area contributed by atoms with Crippen molar-refractivity contribution in [3.63, 3.8) is 0 Å². The second kappa shape index (κ2) is 9.36. The molecule has 0 aromatic heterocycles. The number of carbonyl (C=O) groups is 1. The second-order valence-corrected chi connectivity index (χ2v) is 5.49. The minimum absolute atomic E-state index is 0.136. The first-order chi connectivity index (χ1) is 9.63. The SMILES string of the molecule is CCCCOC(=O)CSC(C[N+](=O)[O-])c1ccccc1. The maximum Gasteiger partial charge on any atom is 0.315 e. The lowest BCUT2D eigenvalue weighted by Gasteiger charge is -2.12. The molecule has 0 aliphatic rings. The van der Waals surface area contributed by atoms with Gasteiger partial charge >= 0.3 is 5.97 Å². The number of unbranched alkanes of at least 4 members (excludes halogenated alkanes) is 1. The van der Waals surface area contributed by atoms with Crippen LogP contribution < -0.4 is 0 Å². The molecule has 1 rings (SSSR count). The van der Waals surface area contributed by atoms with Crippen LogP contribution in [0.2, 0.25) is 0 Å². The van der Waals surface area contributed by atoms with Crippen LogP contribution in [0.3, 0.4) is 0 Å². The van der Waals surface area contributed by atoms with Crippen LogP contribution in [-0.4, -0.2) is 29.8 Å². The number of hydrogen-bond donors (Lipinski definition) is 0. The molecule has 0 aliphatic carbocycles. The summed E-state index contributed by atoms with van der Waals surface area (Å²) in [4.78, 5) is 21.9. The van der Waals surface area contributed by atoms with E-state index in [4.69, 9.17) is 4.74 Å². The Kier molecular flexibility index (Phi) is 7.72. The van der Waals surface area contributed by atoms with Crippen LogP contribution in [0.25, 0.3) is 0 Å². The predicted molar refractivity (Wildman–Crippen MR) is 79.4 cm³/mol. The zero-order chi connectivity index (χ0) is 14.8. The number of ether oxygens (including phenoxy) is 1. The minimum Gasteiger partial charge on any atom is -0.465 e. The van der Waals surface area contributed by atoms with E-state index in [9.17, 15) is 14.9 Å². The largest absolute Gasteiger partial charge is 0.465 e. The molecule has 0 aliphatic heterocycles. The first kappa shape index (κ1) is 16.5. The molecule has 0 heterocycles. The highest BCUT2D eigenvalue weighted by Crippen LogP contribution is 2.28. The summed E-state index contributed by atoms with van der Waals surface area (Å²) in [5.74, 6) is -0.176. The fourth-order valence-electron chi connectivity index (χ4n) is 1.60. The van der Waals surface area contributed by atoms with Gasteiger partial charge in [-0.15, -0.1) is 11.8 Å². The average Bonchev–Trinajstić information content (AvgIpc) is 2.44. The zero-order valence-corrected chi connectivity index (χ0v) is 12.3. The van der Waals surface area contributed by atoms with Crippen molar-refractivity contribution in [2.45, 2.75) is 25.0 Å². The van der Waals surface area contributed by atoms with E-state index in [1.165, 1.54) is 11.8 Å². The first-order valence-electron chi connectivity index (χ1n) is 6.57. The zero-order valence-electron chi connectivity index (χ0n) is 11.5. The second-order valence-electron chi connectivity index (χ2n) is 4.30. The minimum atomic E-state index is -0.354. The van der Waals surface area contributed by atoms with Gasteiger partial charge in [0, 0.05) is 4.92 Å². The molecule has 1 atom stereocenters. The summed E-state index contributed by atoms with van der Waals surface area (Å²) in [6, 6.07) is 9.20. The number of hydrogen-bond acceptors (Lipinski definition) is 5. The van der Waals surface area contributed by atoms with Gasteiger partial charge in [-0.1, -0.05) is 43.7 Å². The lowest BCUT2D eigenvalue weighted by molar-refractivity contribution is -0.479. The Morgan fingerprint density at radius 1 is 1.40 bits per heavy atom. The summed E-state index contributed by atoms with van der Waals surface area (Å²) in [5, 5.41) is 10.4. The summed E-state index contributed by atoms with van der Waals surface area (Å²) in [5.41, 5.74) is 0.857. The van der Waals surface area contributed by atoms with E-state index in [-0.39, 0.29) is 28.4 Å². The Morgan fingerprint density at radius 2 is 2.10 bits per heavy atom. The van der Waals surface area contributed by atoms with Crippen molar-refractivity contribution in [3.05, 3.63) is 46.0 Å². The molecule has 1 aromatic carbocycles. The fraction of sp³-hybridized carbons (Fsp3) is 0.500. The van der Waals surface area contributed by atoms with Crippen molar-refractivity contribution in [1.82, 2.24) is 0 Å². The standard InChI is InChI=1S/C14H19NO4S/c1-2-3-9-19-14(16)11-20-13(10-15(17)18)12-7-5-4-6-8-12/h4-8,13H,2-3,9-11H2,1H3. The number of nitro groups is 1. The predicted octanol–water partition coefficient (Wildman–Crippen LogP) is 3.08. The summed E-state index contributed by atoms with van der Waals surface area (Å²) in [7, 11) is 0. The van der Waals surface area contributed by atoms with E-state index in [0.29, 0.717) is 6.61 Å². The van der Waals surface area contributed by atoms with Crippen LogP contribution in [0, 0.1) is 10.1 Å². The highest BCUT2D eigenvalue weighted by atomic mass is 32.2. The average molecular weight is 297 g/mol. The lowest BCUT2D eigenvalue weighted by atomic mass is 10.1. The van der Waals surface area contributed by atoms with Crippen molar-refractivity contribution in [1.29, 1.82) is 0 Å². The van der Waals surface area contributed by atoms with E-state index in [1.54, 1.807) is 0 Å². The lowest BCUT2D eigenvalue weighted by Crippen LogP contribution is -2.14. The van der Waals surface area contributed by atoms with Crippen molar-refractivity contribution in [2.75, 3.05) is 18.9 Å². The van der Waals surface area contributed by atoms with Crippen molar-refractivity contribution < 1.29 is 14.5 Å². The van der Waals surface area contributed by atoms with Crippen LogP contribution in [0.5, 0.6) is 0 Å². The Balaban J connectivity index is 2.49. The normalized spacial score (nSPS) is 11.8. The van der Waals surface area contributed by atoms with Gasteiger partial charge in [0.1, 0.15) is 0 Å². The summed E-state index contributed by atoms with van der Waals surface area (Å²) in [6.45, 7) is 2.24. The van der Waals surface area contributed by atoms with Gasteiger partial charge < -0.3 is 4.74 Å². The maximum atomic E-state index is 11.5. The molecule has 20 heavy (non-hydrogen) atoms. The van der Waals surface area contributed by atoms with Crippen LogP contribution in [0.15, 0.2) is 30.3 Å². The van der Waals surface area contributed by atoms with E-state index in [0.717, 1.165) is 18.4 Å². The Labute approximate surface area is 122 Å². The van der Waals surface area contributed by atoms with Crippen molar-refractivity contribution in [3.8, 4) is 0 Å². The molecule has 0 bridgehead atoms. The molecule has 0 fully saturated rings. The highest BCUT2D eigenvalue weighted by molar-refractivity contribution is 8.00. The van der Waals surface area contributed by atoms with Crippen LogP contribution in [0.4, 0.5) is 0 Å². The topological polar surface area (TPSA) is 69.4 Å². The number of thioether (sulfide) groups is 1. The number of esters is 1. The molecular formula is C14H19NO4S. The molecule has 0 radical (unpaired) electrons. The molecular weight excluding hydrogens is 278 g/mol. The van der Waals surface area contributed by atoms with E-state index < -0.39 is 0 Å². The molecule has 0 spiro atoms. The molecule has 0 saturated heterocycles. The maximum absolute atomic E-state index is 11.5. The summed E-state index contributed by atoms with van der Waals surface area (Å²) in [6.07, 6.45) is 1.81. The fourth-order valence-corrected chi connectivity index (χ4v) is 2.60. The van der Waals surface area contributed by atoms with Crippen molar-refractivity contribution >= 4 is 17.7 Å². The molecule has 0 amide bonds. The van der Waals surface area contributed by atoms with Gasteiger partial charge in [-0.05, 0) is 12.0 Å². The van der Waals surface area contributed by atoms with Crippen LogP contribution >= 0.6 is 11.8 Å². The van der Waals surface area contributed by atoms with E-state index in [1.807, 2.05) is 37.3 Å². The quantitative estimate of drug-likeness (QED) is 0.303. The van der Waals surface area contributed by atoms with Gasteiger partial charge in [0.2, 0.25) is 6.54 Å². The first-order valence-corrected chi connectivity index (χ1v) is 7.62. The summed E-state index contributed by atoms with van der Waals surface area (Å²) >= 11 is 1.25. The number of carbonyl (C=O) groups excluding carboxylic acids is 1. The molecule has 6 heteroatoms. The van der Waals surface area contributed by atoms with Gasteiger partial charge in [0.25, 0.3) is 0 Å². The van der Waals surface area contributed by atoms with Gasteiger partial charge in [-0.3, -0.25) is 14.9 Å². The Bertz CT molecular complexity index is 424. The number of benzene rings is 1. The van der Waals surface area contributed by atoms with Gasteiger partial charge in [0.05, 0.1) is 17.6 Å². The Hall–Kier alpha value is -1.56. The number of rotatable bonds is 9. The third-order valence-corrected chi connectivity index (χ3v) is 3.88. The molecule has 1 aromatic rings. The summed E-state index contributed by atoms with van der Waals surface area (Å²) < 4.78 is 5.04. The molecule has 1 unspecified atom stereocenters. The number of nitrogens with zero attached hydrogens (tertiary/aromatic N) is 1. The van der Waals surface area contributed by atoms with Crippen molar-refractivity contribution in [2.24, 2.45) is 0 Å². The van der Waals surface area contributed by atoms with Gasteiger partial charge in [-0.2, -0.15) is 0 Å². The monoisotopic (exact) mass is 297 g/mol. The van der Waals surface area contributed by atoms with Crippen LogP contribution in [-0.2, 0) is 9.53 Å². The third-order valence-electron chi connectivity index (χ3n) is 2.65. The third kappa shape index (κ3) is 6.56. The van der Waals surface area contributed by atoms with Gasteiger partial charge in [0.15, 0.2) is 0 Å². The van der Waals surface area contributed by atoms with E-state index in [2.05, 4.69) is 0 Å². The smallest absolute Gasteiger partial charge is 0.315 e. The molecule has 0 N–H and O–H groups in total. The Morgan fingerprint density at radius 3 is 2.70 bits per heavy atom. The molecule has 0 saturated carbocycles. The highest BCUT2D eigenvalue weighted by Gasteiger charge is 2.19. The molecule has 5 nitrogen and oxygen atoms in total.